The second kappa shape index (κ2) is 2.60. The standard InChI is InChI=1S/C10H8N2O/c1-6-8-4-7(5-11)2-3-9(8)12-10(6)13/h2-4,6H,1H3,(H,12,13)/t6-/m0/s1. The molecule has 0 radical (unpaired) electrons. The fourth-order valence-corrected chi connectivity index (χ4v) is 1.49. The first-order chi connectivity index (χ1) is 6.22. The van der Waals surface area contributed by atoms with E-state index in [0.717, 1.165) is 11.3 Å². The van der Waals surface area contributed by atoms with Gasteiger partial charge in [0.05, 0.1) is 17.6 Å². The summed E-state index contributed by atoms with van der Waals surface area (Å²) in [7, 11) is 0. The van der Waals surface area contributed by atoms with E-state index >= 15 is 0 Å². The van der Waals surface area contributed by atoms with Crippen LogP contribution < -0.4 is 5.32 Å². The van der Waals surface area contributed by atoms with Crippen LogP contribution in [0.1, 0.15) is 24.0 Å². The molecule has 0 aromatic heterocycles. The maximum Gasteiger partial charge on any atom is 0.231 e. The molecule has 0 unspecified atom stereocenters. The maximum atomic E-state index is 11.2. The largest absolute Gasteiger partial charge is 0.325 e. The molecule has 0 aliphatic carbocycles. The summed E-state index contributed by atoms with van der Waals surface area (Å²) in [6.45, 7) is 1.84. The summed E-state index contributed by atoms with van der Waals surface area (Å²) in [5.74, 6) is -0.131. The second-order valence-electron chi connectivity index (χ2n) is 3.12. The summed E-state index contributed by atoms with van der Waals surface area (Å²) in [5, 5.41) is 11.4. The molecule has 1 aromatic rings. The molecule has 0 saturated heterocycles. The van der Waals surface area contributed by atoms with Gasteiger partial charge in [0, 0.05) is 5.69 Å². The molecule has 0 spiro atoms. The van der Waals surface area contributed by atoms with Gasteiger partial charge in [-0.25, -0.2) is 0 Å². The van der Waals surface area contributed by atoms with Gasteiger partial charge in [-0.3, -0.25) is 4.79 Å². The lowest BCUT2D eigenvalue weighted by molar-refractivity contribution is -0.116. The molecule has 1 aliphatic rings. The quantitative estimate of drug-likeness (QED) is 0.646. The van der Waals surface area contributed by atoms with Crippen LogP contribution in [0.5, 0.6) is 0 Å². The Kier molecular flexibility index (Phi) is 1.56. The molecule has 3 heteroatoms. The van der Waals surface area contributed by atoms with Gasteiger partial charge in [-0.2, -0.15) is 5.26 Å². The molecule has 0 saturated carbocycles. The normalized spacial score (nSPS) is 19.1. The summed E-state index contributed by atoms with van der Waals surface area (Å²) in [4.78, 5) is 11.2. The van der Waals surface area contributed by atoms with Crippen LogP contribution in [-0.2, 0) is 4.79 Å². The van der Waals surface area contributed by atoms with E-state index in [1.165, 1.54) is 0 Å². The van der Waals surface area contributed by atoms with Gasteiger partial charge in [-0.15, -0.1) is 0 Å². The van der Waals surface area contributed by atoms with Crippen molar-refractivity contribution in [2.24, 2.45) is 0 Å². The molecule has 1 aromatic carbocycles. The van der Waals surface area contributed by atoms with Crippen LogP contribution in [0.4, 0.5) is 5.69 Å². The number of hydrogen-bond acceptors (Lipinski definition) is 2. The third-order valence-electron chi connectivity index (χ3n) is 2.30. The van der Waals surface area contributed by atoms with Gasteiger partial charge in [-0.05, 0) is 30.7 Å². The lowest BCUT2D eigenvalue weighted by Gasteiger charge is -1.99. The topological polar surface area (TPSA) is 52.9 Å². The van der Waals surface area contributed by atoms with Gasteiger partial charge in [0.1, 0.15) is 0 Å². The number of benzene rings is 1. The predicted molar refractivity (Wildman–Crippen MR) is 48.2 cm³/mol. The molecular weight excluding hydrogens is 164 g/mol. The highest BCUT2D eigenvalue weighted by atomic mass is 16.2. The predicted octanol–water partition coefficient (Wildman–Crippen LogP) is 1.61. The summed E-state index contributed by atoms with van der Waals surface area (Å²) >= 11 is 0. The molecule has 2 rings (SSSR count). The highest BCUT2D eigenvalue weighted by Crippen LogP contribution is 2.32. The van der Waals surface area contributed by atoms with Crippen LogP contribution in [0, 0.1) is 11.3 Å². The molecule has 0 bridgehead atoms. The van der Waals surface area contributed by atoms with Crippen molar-refractivity contribution in [2.45, 2.75) is 12.8 Å². The minimum Gasteiger partial charge on any atom is -0.325 e. The zero-order valence-corrected chi connectivity index (χ0v) is 7.16. The fourth-order valence-electron chi connectivity index (χ4n) is 1.49. The number of amides is 1. The molecule has 1 aliphatic heterocycles. The summed E-state index contributed by atoms with van der Waals surface area (Å²) < 4.78 is 0. The number of nitrogens with one attached hydrogen (secondary N) is 1. The van der Waals surface area contributed by atoms with Crippen molar-refractivity contribution in [3.05, 3.63) is 29.3 Å². The average molecular weight is 172 g/mol. The van der Waals surface area contributed by atoms with Crippen LogP contribution in [0.15, 0.2) is 18.2 Å². The van der Waals surface area contributed by atoms with E-state index in [2.05, 4.69) is 11.4 Å². The van der Waals surface area contributed by atoms with E-state index in [1.54, 1.807) is 18.2 Å². The minimum atomic E-state index is -0.136. The van der Waals surface area contributed by atoms with E-state index in [0.29, 0.717) is 5.56 Å². The zero-order valence-electron chi connectivity index (χ0n) is 7.16. The number of anilines is 1. The van der Waals surface area contributed by atoms with E-state index < -0.39 is 0 Å². The first-order valence-electron chi connectivity index (χ1n) is 4.07. The fraction of sp³-hybridized carbons (Fsp3) is 0.200. The summed E-state index contributed by atoms with van der Waals surface area (Å²) in [6, 6.07) is 7.29. The third-order valence-corrected chi connectivity index (χ3v) is 2.30. The van der Waals surface area contributed by atoms with Gasteiger partial charge in [-0.1, -0.05) is 0 Å². The maximum absolute atomic E-state index is 11.2. The Hall–Kier alpha value is -1.82. The van der Waals surface area contributed by atoms with Gasteiger partial charge < -0.3 is 5.32 Å². The lowest BCUT2D eigenvalue weighted by Crippen LogP contribution is -2.08. The molecule has 1 atom stereocenters. The Balaban J connectivity index is 2.55. The number of hydrogen-bond donors (Lipinski definition) is 1. The highest BCUT2D eigenvalue weighted by Gasteiger charge is 2.26. The van der Waals surface area contributed by atoms with Crippen molar-refractivity contribution < 1.29 is 4.79 Å². The number of carbonyl (C=O) groups excluding carboxylic acids is 1. The third kappa shape index (κ3) is 1.07. The number of fused-ring (bicyclic) bond motifs is 1. The van der Waals surface area contributed by atoms with Crippen LogP contribution in [0.25, 0.3) is 0 Å². The summed E-state index contributed by atoms with van der Waals surface area (Å²) in [6.07, 6.45) is 0. The molecule has 1 N–H and O–H groups in total. The van der Waals surface area contributed by atoms with Crippen LogP contribution >= 0.6 is 0 Å². The Bertz CT molecular complexity index is 417. The monoisotopic (exact) mass is 172 g/mol. The molecule has 3 nitrogen and oxygen atoms in total. The Labute approximate surface area is 76.0 Å². The van der Waals surface area contributed by atoms with Gasteiger partial charge in [0.25, 0.3) is 0 Å². The first-order valence-corrected chi connectivity index (χ1v) is 4.07. The number of nitrogens with zero attached hydrogens (tertiary/aromatic N) is 1. The molecule has 1 heterocycles. The van der Waals surface area contributed by atoms with Gasteiger partial charge >= 0.3 is 0 Å². The minimum absolute atomic E-state index is 0.00471. The van der Waals surface area contributed by atoms with Gasteiger partial charge in [0.2, 0.25) is 5.91 Å². The van der Waals surface area contributed by atoms with Crippen molar-refractivity contribution in [2.75, 3.05) is 5.32 Å². The lowest BCUT2D eigenvalue weighted by atomic mass is 10.0. The van der Waals surface area contributed by atoms with E-state index in [-0.39, 0.29) is 11.8 Å². The number of rotatable bonds is 0. The van der Waals surface area contributed by atoms with Crippen LogP contribution in [-0.4, -0.2) is 5.91 Å². The van der Waals surface area contributed by atoms with E-state index in [9.17, 15) is 4.79 Å². The number of carbonyl (C=O) groups is 1. The Morgan fingerprint density at radius 2 is 2.31 bits per heavy atom. The van der Waals surface area contributed by atoms with Crippen molar-refractivity contribution in [3.63, 3.8) is 0 Å². The van der Waals surface area contributed by atoms with Gasteiger partial charge in [0.15, 0.2) is 0 Å². The average Bonchev–Trinajstić information content (AvgIpc) is 2.43. The number of nitriles is 1. The van der Waals surface area contributed by atoms with Crippen molar-refractivity contribution in [1.29, 1.82) is 5.26 Å². The van der Waals surface area contributed by atoms with Crippen molar-refractivity contribution >= 4 is 11.6 Å². The zero-order chi connectivity index (χ0) is 9.42. The Morgan fingerprint density at radius 3 is 3.00 bits per heavy atom. The second-order valence-corrected chi connectivity index (χ2v) is 3.12. The van der Waals surface area contributed by atoms with Crippen molar-refractivity contribution in [1.82, 2.24) is 0 Å². The summed E-state index contributed by atoms with van der Waals surface area (Å²) in [5.41, 5.74) is 2.35. The van der Waals surface area contributed by atoms with E-state index in [1.807, 2.05) is 6.92 Å². The Morgan fingerprint density at radius 1 is 1.54 bits per heavy atom. The van der Waals surface area contributed by atoms with Crippen LogP contribution in [0.2, 0.25) is 0 Å². The van der Waals surface area contributed by atoms with Crippen molar-refractivity contribution in [3.8, 4) is 6.07 Å². The highest BCUT2D eigenvalue weighted by molar-refractivity contribution is 6.02. The molecule has 1 amide bonds. The van der Waals surface area contributed by atoms with E-state index in [4.69, 9.17) is 5.26 Å². The molecule has 0 fully saturated rings. The molecular formula is C10H8N2O. The first kappa shape index (κ1) is 7.81. The molecule has 64 valence electrons. The smallest absolute Gasteiger partial charge is 0.231 e. The molecule has 13 heavy (non-hydrogen) atoms. The van der Waals surface area contributed by atoms with Crippen LogP contribution in [0.3, 0.4) is 0 Å². The SMILES string of the molecule is C[C@@H]1C(=O)Nc2ccc(C#N)cc21.